The molecule has 0 saturated carbocycles. The average molecular weight is 401 g/mol. The third-order valence-electron chi connectivity index (χ3n) is 2.16. The van der Waals surface area contributed by atoms with Gasteiger partial charge in [0.2, 0.25) is 10.0 Å². The van der Waals surface area contributed by atoms with Gasteiger partial charge < -0.3 is 4.74 Å². The molecule has 1 rings (SSSR count). The van der Waals surface area contributed by atoms with Crippen molar-refractivity contribution in [3.05, 3.63) is 27.1 Å². The second kappa shape index (κ2) is 6.14. The molecule has 0 amide bonds. The van der Waals surface area contributed by atoms with Crippen LogP contribution in [0.4, 0.5) is 0 Å². The summed E-state index contributed by atoms with van der Waals surface area (Å²) in [7, 11) is -1.22. The highest BCUT2D eigenvalue weighted by molar-refractivity contribution is 9.11. The Balaban J connectivity index is 3.13. The van der Waals surface area contributed by atoms with Crippen molar-refractivity contribution in [2.75, 3.05) is 20.7 Å². The van der Waals surface area contributed by atoms with E-state index in [2.05, 4.69) is 36.6 Å². The molecule has 0 saturated heterocycles. The quantitative estimate of drug-likeness (QED) is 0.725. The summed E-state index contributed by atoms with van der Waals surface area (Å²) in [4.78, 5) is 11.2. The van der Waals surface area contributed by atoms with Gasteiger partial charge in [0.1, 0.15) is 6.54 Å². The topological polar surface area (TPSA) is 63.7 Å². The van der Waals surface area contributed by atoms with Gasteiger partial charge in [-0.05, 0) is 34.1 Å². The zero-order chi connectivity index (χ0) is 13.9. The molecule has 100 valence electrons. The third-order valence-corrected chi connectivity index (χ3v) is 5.45. The first-order valence-corrected chi connectivity index (χ1v) is 7.80. The van der Waals surface area contributed by atoms with Gasteiger partial charge in [-0.1, -0.05) is 15.9 Å². The number of rotatable bonds is 4. The van der Waals surface area contributed by atoms with E-state index < -0.39 is 16.0 Å². The van der Waals surface area contributed by atoms with Crippen molar-refractivity contribution in [1.29, 1.82) is 0 Å². The number of carbonyl (C=O) groups excluding carboxylic acids is 1. The SMILES string of the molecule is COC(=O)CN(C)S(=O)(=O)c1cc(Br)ccc1Br. The van der Waals surface area contributed by atoms with Crippen molar-refractivity contribution in [3.8, 4) is 0 Å². The predicted molar refractivity (Wildman–Crippen MR) is 73.7 cm³/mol. The monoisotopic (exact) mass is 399 g/mol. The summed E-state index contributed by atoms with van der Waals surface area (Å²) in [5.74, 6) is -0.618. The van der Waals surface area contributed by atoms with Crippen LogP contribution in [-0.4, -0.2) is 39.4 Å². The van der Waals surface area contributed by atoms with Crippen molar-refractivity contribution >= 4 is 47.9 Å². The van der Waals surface area contributed by atoms with Crippen LogP contribution in [0.5, 0.6) is 0 Å². The largest absolute Gasteiger partial charge is 0.468 e. The van der Waals surface area contributed by atoms with Crippen molar-refractivity contribution in [2.45, 2.75) is 4.90 Å². The Morgan fingerprint density at radius 3 is 2.56 bits per heavy atom. The number of benzene rings is 1. The molecule has 0 aliphatic carbocycles. The lowest BCUT2D eigenvalue weighted by atomic mass is 10.4. The molecule has 0 atom stereocenters. The lowest BCUT2D eigenvalue weighted by Crippen LogP contribution is -2.32. The van der Waals surface area contributed by atoms with E-state index in [9.17, 15) is 13.2 Å². The van der Waals surface area contributed by atoms with E-state index in [0.717, 1.165) is 4.31 Å². The Kier molecular flexibility index (Phi) is 5.32. The van der Waals surface area contributed by atoms with Crippen LogP contribution < -0.4 is 0 Å². The molecular weight excluding hydrogens is 390 g/mol. The molecule has 5 nitrogen and oxygen atoms in total. The zero-order valence-electron chi connectivity index (χ0n) is 9.68. The second-order valence-corrected chi connectivity index (χ2v) is 7.20. The Morgan fingerprint density at radius 1 is 1.39 bits per heavy atom. The number of ether oxygens (including phenoxy) is 1. The van der Waals surface area contributed by atoms with Gasteiger partial charge in [-0.2, -0.15) is 4.31 Å². The van der Waals surface area contributed by atoms with E-state index in [1.54, 1.807) is 12.1 Å². The first-order valence-electron chi connectivity index (χ1n) is 4.77. The van der Waals surface area contributed by atoms with Crippen LogP contribution in [0.15, 0.2) is 32.0 Å². The average Bonchev–Trinajstić information content (AvgIpc) is 2.31. The molecule has 0 fully saturated rings. The summed E-state index contributed by atoms with van der Waals surface area (Å²) < 4.78 is 30.9. The van der Waals surface area contributed by atoms with Gasteiger partial charge in [-0.3, -0.25) is 4.79 Å². The van der Waals surface area contributed by atoms with E-state index in [-0.39, 0.29) is 11.4 Å². The van der Waals surface area contributed by atoms with E-state index in [1.165, 1.54) is 20.2 Å². The number of methoxy groups -OCH3 is 1. The van der Waals surface area contributed by atoms with Gasteiger partial charge in [0.05, 0.1) is 12.0 Å². The maximum atomic E-state index is 12.2. The Bertz CT molecular complexity index is 559. The number of hydrogen-bond acceptors (Lipinski definition) is 4. The van der Waals surface area contributed by atoms with Crippen LogP contribution in [0.25, 0.3) is 0 Å². The zero-order valence-corrected chi connectivity index (χ0v) is 13.7. The second-order valence-electron chi connectivity index (χ2n) is 3.41. The highest BCUT2D eigenvalue weighted by atomic mass is 79.9. The molecule has 0 unspecified atom stereocenters. The molecule has 0 radical (unpaired) electrons. The summed E-state index contributed by atoms with van der Waals surface area (Å²) in [6.45, 7) is -0.336. The Labute approximate surface area is 122 Å². The number of likely N-dealkylation sites (N-methyl/N-ethyl adjacent to an activating group) is 1. The summed E-state index contributed by atoms with van der Waals surface area (Å²) in [5.41, 5.74) is 0. The molecule has 0 aromatic heterocycles. The molecule has 0 aliphatic heterocycles. The molecule has 0 bridgehead atoms. The molecule has 0 spiro atoms. The minimum atomic E-state index is -3.74. The molecule has 8 heteroatoms. The number of sulfonamides is 1. The smallest absolute Gasteiger partial charge is 0.321 e. The lowest BCUT2D eigenvalue weighted by molar-refractivity contribution is -0.140. The Hall–Kier alpha value is -0.440. The standard InChI is InChI=1S/C10H11Br2NO4S/c1-13(6-10(14)17-2)18(15,16)9-5-7(11)3-4-8(9)12/h3-5H,6H2,1-2H3. The fraction of sp³-hybridized carbons (Fsp3) is 0.300. The fourth-order valence-electron chi connectivity index (χ4n) is 1.17. The fourth-order valence-corrected chi connectivity index (χ4v) is 3.75. The maximum absolute atomic E-state index is 12.2. The van der Waals surface area contributed by atoms with Crippen molar-refractivity contribution < 1.29 is 17.9 Å². The minimum Gasteiger partial charge on any atom is -0.468 e. The number of hydrogen-bond donors (Lipinski definition) is 0. The van der Waals surface area contributed by atoms with Gasteiger partial charge in [0, 0.05) is 16.0 Å². The summed E-state index contributed by atoms with van der Waals surface area (Å²) >= 11 is 6.38. The maximum Gasteiger partial charge on any atom is 0.321 e. The number of halogens is 2. The van der Waals surface area contributed by atoms with Gasteiger partial charge in [0.25, 0.3) is 0 Å². The molecule has 0 heterocycles. The van der Waals surface area contributed by atoms with E-state index >= 15 is 0 Å². The van der Waals surface area contributed by atoms with Crippen LogP contribution in [-0.2, 0) is 19.6 Å². The molecule has 0 aliphatic rings. The number of carbonyl (C=O) groups is 1. The first kappa shape index (κ1) is 15.6. The summed E-state index contributed by atoms with van der Waals surface area (Å²) in [6.07, 6.45) is 0. The highest BCUT2D eigenvalue weighted by Gasteiger charge is 2.25. The molecule has 0 N–H and O–H groups in total. The van der Waals surface area contributed by atoms with Crippen LogP contribution in [0, 0.1) is 0 Å². The van der Waals surface area contributed by atoms with Crippen LogP contribution in [0.1, 0.15) is 0 Å². The van der Waals surface area contributed by atoms with Crippen LogP contribution in [0.3, 0.4) is 0 Å². The lowest BCUT2D eigenvalue weighted by Gasteiger charge is -2.16. The van der Waals surface area contributed by atoms with Gasteiger partial charge in [0.15, 0.2) is 0 Å². The highest BCUT2D eigenvalue weighted by Crippen LogP contribution is 2.27. The molecule has 1 aromatic rings. The summed E-state index contributed by atoms with van der Waals surface area (Å²) in [6, 6.07) is 4.79. The van der Waals surface area contributed by atoms with E-state index in [4.69, 9.17) is 0 Å². The molecule has 1 aromatic carbocycles. The van der Waals surface area contributed by atoms with Gasteiger partial charge >= 0.3 is 5.97 Å². The van der Waals surface area contributed by atoms with Crippen molar-refractivity contribution in [1.82, 2.24) is 4.31 Å². The molecule has 18 heavy (non-hydrogen) atoms. The summed E-state index contributed by atoms with van der Waals surface area (Å²) in [5, 5.41) is 0. The number of esters is 1. The van der Waals surface area contributed by atoms with E-state index in [0.29, 0.717) is 8.95 Å². The van der Waals surface area contributed by atoms with Gasteiger partial charge in [-0.25, -0.2) is 8.42 Å². The van der Waals surface area contributed by atoms with E-state index in [1.807, 2.05) is 0 Å². The number of nitrogens with zero attached hydrogens (tertiary/aromatic N) is 1. The third kappa shape index (κ3) is 3.53. The Morgan fingerprint density at radius 2 is 2.00 bits per heavy atom. The van der Waals surface area contributed by atoms with Crippen molar-refractivity contribution in [3.63, 3.8) is 0 Å². The molecular formula is C10H11Br2NO4S. The normalized spacial score (nSPS) is 11.6. The van der Waals surface area contributed by atoms with Crippen LogP contribution in [0.2, 0.25) is 0 Å². The van der Waals surface area contributed by atoms with Crippen LogP contribution >= 0.6 is 31.9 Å². The first-order chi connectivity index (χ1) is 8.28. The minimum absolute atomic E-state index is 0.0864. The van der Waals surface area contributed by atoms with Crippen molar-refractivity contribution in [2.24, 2.45) is 0 Å². The predicted octanol–water partition coefficient (Wildman–Crippen LogP) is 2.01. The van der Waals surface area contributed by atoms with Gasteiger partial charge in [-0.15, -0.1) is 0 Å².